The van der Waals surface area contributed by atoms with Crippen molar-refractivity contribution in [1.82, 2.24) is 4.98 Å². The van der Waals surface area contributed by atoms with E-state index in [-0.39, 0.29) is 11.7 Å². The van der Waals surface area contributed by atoms with Crippen molar-refractivity contribution in [3.8, 4) is 0 Å². The summed E-state index contributed by atoms with van der Waals surface area (Å²) in [6.07, 6.45) is 5.07. The fourth-order valence-electron chi connectivity index (χ4n) is 4.04. The molecule has 0 fully saturated rings. The highest BCUT2D eigenvalue weighted by molar-refractivity contribution is 6.05. The molecule has 24 heavy (non-hydrogen) atoms. The summed E-state index contributed by atoms with van der Waals surface area (Å²) < 4.78 is 0. The summed E-state index contributed by atoms with van der Waals surface area (Å²) in [5.74, 6) is 0.219. The van der Waals surface area contributed by atoms with Crippen molar-refractivity contribution >= 4 is 22.2 Å². The molecule has 3 aromatic rings. The number of rotatable bonds is 1. The van der Waals surface area contributed by atoms with Crippen LogP contribution in [-0.4, -0.2) is 10.8 Å². The fourth-order valence-corrected chi connectivity index (χ4v) is 4.04. The summed E-state index contributed by atoms with van der Waals surface area (Å²) in [6.45, 7) is 0. The molecule has 3 nitrogen and oxygen atoms in total. The second kappa shape index (κ2) is 5.03. The third kappa shape index (κ3) is 1.84. The van der Waals surface area contributed by atoms with Crippen molar-refractivity contribution in [3.63, 3.8) is 0 Å². The number of nitrogens with one attached hydrogen (secondary N) is 1. The molecule has 0 spiro atoms. The van der Waals surface area contributed by atoms with E-state index in [0.29, 0.717) is 6.42 Å². The Morgan fingerprint density at radius 2 is 1.92 bits per heavy atom. The molecule has 1 unspecified atom stereocenters. The standard InChI is InChI=1S/C21H16N2O/c24-18-10-9-17-21(18)19(14-5-3-11-22-12-14)20-15-6-2-1-4-13(15)7-8-16(20)23-17/h1-8,11-12,19,23H,9-10H2. The number of hydrogen-bond acceptors (Lipinski definition) is 3. The minimum Gasteiger partial charge on any atom is -0.358 e. The molecular weight excluding hydrogens is 296 g/mol. The number of aromatic nitrogens is 1. The molecule has 0 saturated carbocycles. The van der Waals surface area contributed by atoms with Crippen molar-refractivity contribution < 1.29 is 4.79 Å². The molecule has 1 N–H and O–H groups in total. The monoisotopic (exact) mass is 312 g/mol. The normalized spacial score (nSPS) is 19.2. The Balaban J connectivity index is 1.85. The molecule has 2 heterocycles. The maximum Gasteiger partial charge on any atom is 0.161 e. The van der Waals surface area contributed by atoms with Gasteiger partial charge in [0.1, 0.15) is 0 Å². The van der Waals surface area contributed by atoms with Gasteiger partial charge in [0.05, 0.1) is 0 Å². The summed E-state index contributed by atoms with van der Waals surface area (Å²) in [5.41, 5.74) is 5.38. The lowest BCUT2D eigenvalue weighted by atomic mass is 9.79. The van der Waals surface area contributed by atoms with Crippen LogP contribution in [0.3, 0.4) is 0 Å². The van der Waals surface area contributed by atoms with E-state index < -0.39 is 0 Å². The Kier molecular flexibility index (Phi) is 2.83. The number of allylic oxidation sites excluding steroid dienone is 2. The highest BCUT2D eigenvalue weighted by atomic mass is 16.1. The number of carbonyl (C=O) groups excluding carboxylic acids is 1. The van der Waals surface area contributed by atoms with E-state index in [1.54, 1.807) is 6.20 Å². The van der Waals surface area contributed by atoms with E-state index in [0.717, 1.165) is 28.9 Å². The first-order valence-electron chi connectivity index (χ1n) is 8.28. The van der Waals surface area contributed by atoms with Gasteiger partial charge in [-0.2, -0.15) is 0 Å². The first-order valence-corrected chi connectivity index (χ1v) is 8.28. The summed E-state index contributed by atoms with van der Waals surface area (Å²) in [6, 6.07) is 16.7. The van der Waals surface area contributed by atoms with Crippen LogP contribution in [0.1, 0.15) is 29.9 Å². The summed E-state index contributed by atoms with van der Waals surface area (Å²) in [5, 5.41) is 5.91. The number of fused-ring (bicyclic) bond motifs is 3. The number of carbonyl (C=O) groups is 1. The highest BCUT2D eigenvalue weighted by Gasteiger charge is 2.37. The molecule has 0 saturated heterocycles. The molecule has 2 aliphatic rings. The van der Waals surface area contributed by atoms with Crippen molar-refractivity contribution in [2.24, 2.45) is 0 Å². The van der Waals surface area contributed by atoms with Crippen LogP contribution in [0.2, 0.25) is 0 Å². The van der Waals surface area contributed by atoms with Crippen molar-refractivity contribution in [3.05, 3.63) is 83.3 Å². The van der Waals surface area contributed by atoms with E-state index in [1.165, 1.54) is 16.3 Å². The Morgan fingerprint density at radius 3 is 2.79 bits per heavy atom. The number of anilines is 1. The van der Waals surface area contributed by atoms with Crippen molar-refractivity contribution in [2.75, 3.05) is 5.32 Å². The smallest absolute Gasteiger partial charge is 0.161 e. The second-order valence-electron chi connectivity index (χ2n) is 6.41. The Labute approximate surface area is 140 Å². The number of Topliss-reactive ketones (excluding diaryl/α,β-unsaturated/α-hetero) is 1. The lowest BCUT2D eigenvalue weighted by Gasteiger charge is -2.30. The zero-order chi connectivity index (χ0) is 16.1. The quantitative estimate of drug-likeness (QED) is 0.723. The second-order valence-corrected chi connectivity index (χ2v) is 6.41. The van der Waals surface area contributed by atoms with Crippen LogP contribution in [0, 0.1) is 0 Å². The predicted molar refractivity (Wildman–Crippen MR) is 94.9 cm³/mol. The molecule has 3 heteroatoms. The van der Waals surface area contributed by atoms with Gasteiger partial charge < -0.3 is 5.32 Å². The van der Waals surface area contributed by atoms with Crippen LogP contribution in [0.15, 0.2) is 72.2 Å². The third-order valence-corrected chi connectivity index (χ3v) is 5.08. The molecule has 1 aromatic heterocycles. The zero-order valence-corrected chi connectivity index (χ0v) is 13.1. The SMILES string of the molecule is O=C1CCC2=C1C(c1cccnc1)c1c(ccc3ccccc13)N2. The fraction of sp³-hybridized carbons (Fsp3) is 0.143. The summed E-state index contributed by atoms with van der Waals surface area (Å²) in [7, 11) is 0. The molecule has 5 rings (SSSR count). The van der Waals surface area contributed by atoms with Gasteiger partial charge in [-0.3, -0.25) is 9.78 Å². The van der Waals surface area contributed by atoms with Crippen LogP contribution in [-0.2, 0) is 4.79 Å². The Morgan fingerprint density at radius 1 is 1.00 bits per heavy atom. The Bertz CT molecular complexity index is 1000. The van der Waals surface area contributed by atoms with Crippen LogP contribution < -0.4 is 5.32 Å². The topological polar surface area (TPSA) is 42.0 Å². The van der Waals surface area contributed by atoms with Gasteiger partial charge in [0.25, 0.3) is 0 Å². The molecule has 1 atom stereocenters. The van der Waals surface area contributed by atoms with Crippen LogP contribution in [0.4, 0.5) is 5.69 Å². The van der Waals surface area contributed by atoms with Gasteiger partial charge in [0.15, 0.2) is 5.78 Å². The maximum atomic E-state index is 12.6. The predicted octanol–water partition coefficient (Wildman–Crippen LogP) is 4.41. The van der Waals surface area contributed by atoms with Crippen LogP contribution in [0.25, 0.3) is 10.8 Å². The van der Waals surface area contributed by atoms with E-state index in [4.69, 9.17) is 0 Å². The van der Waals surface area contributed by atoms with Crippen LogP contribution in [0.5, 0.6) is 0 Å². The molecule has 0 radical (unpaired) electrons. The van der Waals surface area contributed by atoms with Gasteiger partial charge in [0, 0.05) is 41.7 Å². The average molecular weight is 312 g/mol. The van der Waals surface area contributed by atoms with E-state index in [2.05, 4.69) is 52.8 Å². The first-order chi connectivity index (χ1) is 11.8. The zero-order valence-electron chi connectivity index (χ0n) is 13.1. The lowest BCUT2D eigenvalue weighted by molar-refractivity contribution is -0.115. The number of benzene rings is 2. The largest absolute Gasteiger partial charge is 0.358 e. The molecule has 2 aromatic carbocycles. The Hall–Kier alpha value is -2.94. The van der Waals surface area contributed by atoms with Gasteiger partial charge in [-0.15, -0.1) is 0 Å². The number of nitrogens with zero attached hydrogens (tertiary/aromatic N) is 1. The van der Waals surface area contributed by atoms with Crippen molar-refractivity contribution in [1.29, 1.82) is 0 Å². The van der Waals surface area contributed by atoms with Gasteiger partial charge in [-0.1, -0.05) is 36.4 Å². The van der Waals surface area contributed by atoms with Gasteiger partial charge in [0.2, 0.25) is 0 Å². The molecule has 1 aliphatic heterocycles. The van der Waals surface area contributed by atoms with E-state index in [9.17, 15) is 4.79 Å². The molecule has 116 valence electrons. The third-order valence-electron chi connectivity index (χ3n) is 5.08. The number of hydrogen-bond donors (Lipinski definition) is 1. The van der Waals surface area contributed by atoms with Crippen LogP contribution >= 0.6 is 0 Å². The van der Waals surface area contributed by atoms with Gasteiger partial charge >= 0.3 is 0 Å². The molecule has 1 aliphatic carbocycles. The average Bonchev–Trinajstić information content (AvgIpc) is 3.01. The maximum absolute atomic E-state index is 12.6. The minimum absolute atomic E-state index is 0.0361. The molecule has 0 bridgehead atoms. The highest BCUT2D eigenvalue weighted by Crippen LogP contribution is 2.48. The molecular formula is C21H16N2O. The van der Waals surface area contributed by atoms with Crippen molar-refractivity contribution in [2.45, 2.75) is 18.8 Å². The lowest BCUT2D eigenvalue weighted by Crippen LogP contribution is -2.19. The minimum atomic E-state index is -0.0361. The summed E-state index contributed by atoms with van der Waals surface area (Å²) >= 11 is 0. The van der Waals surface area contributed by atoms with Gasteiger partial charge in [-0.25, -0.2) is 0 Å². The van der Waals surface area contributed by atoms with Gasteiger partial charge in [-0.05, 0) is 40.5 Å². The summed E-state index contributed by atoms with van der Waals surface area (Å²) in [4.78, 5) is 16.9. The molecule has 0 amide bonds. The van der Waals surface area contributed by atoms with E-state index >= 15 is 0 Å². The number of pyridine rings is 1. The van der Waals surface area contributed by atoms with E-state index in [1.807, 2.05) is 12.3 Å². The number of ketones is 1. The first kappa shape index (κ1) is 13.5.